The molecule has 29 heavy (non-hydrogen) atoms. The second-order valence-electron chi connectivity index (χ2n) is 7.04. The molecular weight excluding hydrogens is 364 g/mol. The molecule has 0 saturated carbocycles. The van der Waals surface area contributed by atoms with Gasteiger partial charge in [0.2, 0.25) is 0 Å². The normalized spacial score (nSPS) is 11.2. The molecule has 0 saturated heterocycles. The number of anilines is 1. The Hall–Kier alpha value is -3.93. The molecule has 2 heterocycles. The minimum atomic E-state index is -0.286. The van der Waals surface area contributed by atoms with E-state index in [1.54, 1.807) is 4.80 Å². The minimum absolute atomic E-state index is 0.286. The first-order valence-corrected chi connectivity index (χ1v) is 9.32. The Morgan fingerprint density at radius 2 is 1.72 bits per heavy atom. The van der Waals surface area contributed by atoms with Crippen LogP contribution in [0.5, 0.6) is 0 Å². The van der Waals surface area contributed by atoms with Gasteiger partial charge in [-0.15, -0.1) is 10.2 Å². The summed E-state index contributed by atoms with van der Waals surface area (Å²) in [4.78, 5) is 14.4. The summed E-state index contributed by atoms with van der Waals surface area (Å²) < 4.78 is 5.79. The van der Waals surface area contributed by atoms with Crippen LogP contribution < -0.4 is 5.32 Å². The molecule has 142 valence electrons. The highest BCUT2D eigenvalue weighted by Crippen LogP contribution is 2.27. The van der Waals surface area contributed by atoms with E-state index in [0.717, 1.165) is 27.7 Å². The number of aromatic nitrogens is 3. The van der Waals surface area contributed by atoms with Gasteiger partial charge in [0.05, 0.1) is 5.69 Å². The molecule has 0 aliphatic carbocycles. The summed E-state index contributed by atoms with van der Waals surface area (Å²) >= 11 is 0. The highest BCUT2D eigenvalue weighted by atomic mass is 16.3. The monoisotopic (exact) mass is 382 g/mol. The van der Waals surface area contributed by atoms with E-state index in [0.29, 0.717) is 22.5 Å². The van der Waals surface area contributed by atoms with Crippen LogP contribution >= 0.6 is 0 Å². The lowest BCUT2D eigenvalue weighted by atomic mass is 10.1. The van der Waals surface area contributed by atoms with Crippen LogP contribution in [0, 0.1) is 13.8 Å². The zero-order valence-corrected chi connectivity index (χ0v) is 16.0. The van der Waals surface area contributed by atoms with E-state index >= 15 is 0 Å². The fraction of sp³-hybridized carbons (Fsp3) is 0.0870. The Balaban J connectivity index is 1.45. The van der Waals surface area contributed by atoms with Gasteiger partial charge in [-0.2, -0.15) is 4.80 Å². The van der Waals surface area contributed by atoms with Gasteiger partial charge < -0.3 is 9.73 Å². The third kappa shape index (κ3) is 3.04. The van der Waals surface area contributed by atoms with Crippen LogP contribution in [-0.4, -0.2) is 20.9 Å². The number of carbonyl (C=O) groups is 1. The lowest BCUT2D eigenvalue weighted by molar-refractivity contribution is 0.0998. The van der Waals surface area contributed by atoms with Gasteiger partial charge in [0.1, 0.15) is 16.6 Å². The molecule has 0 aliphatic heterocycles. The highest BCUT2D eigenvalue weighted by molar-refractivity contribution is 6.07. The van der Waals surface area contributed by atoms with Gasteiger partial charge >= 0.3 is 0 Å². The number of aryl methyl sites for hydroxylation is 2. The first-order chi connectivity index (χ1) is 14.1. The van der Waals surface area contributed by atoms with E-state index in [1.807, 2.05) is 80.6 Å². The fourth-order valence-corrected chi connectivity index (χ4v) is 3.41. The van der Waals surface area contributed by atoms with Gasteiger partial charge in [0, 0.05) is 16.6 Å². The van der Waals surface area contributed by atoms with E-state index in [4.69, 9.17) is 4.42 Å². The summed E-state index contributed by atoms with van der Waals surface area (Å²) in [6.45, 7) is 3.91. The summed E-state index contributed by atoms with van der Waals surface area (Å²) in [5.41, 5.74) is 5.63. The maximum Gasteiger partial charge on any atom is 0.291 e. The second kappa shape index (κ2) is 6.60. The molecule has 1 N–H and O–H groups in total. The Bertz CT molecular complexity index is 1370. The van der Waals surface area contributed by atoms with Gasteiger partial charge in [0.25, 0.3) is 5.91 Å². The molecule has 3 aromatic carbocycles. The van der Waals surface area contributed by atoms with Gasteiger partial charge in [-0.3, -0.25) is 4.79 Å². The second-order valence-corrected chi connectivity index (χ2v) is 7.04. The number of furan rings is 1. The van der Waals surface area contributed by atoms with Crippen molar-refractivity contribution in [2.45, 2.75) is 13.8 Å². The van der Waals surface area contributed by atoms with Gasteiger partial charge in [-0.1, -0.05) is 29.8 Å². The molecule has 0 aliphatic rings. The van der Waals surface area contributed by atoms with Crippen LogP contribution in [0.3, 0.4) is 0 Å². The smallest absolute Gasteiger partial charge is 0.291 e. The SMILES string of the molecule is Cc1ccc2oc(C(=O)Nc3ccc4nn(-c5ccccc5)nc4c3)c(C)c2c1. The molecule has 5 aromatic rings. The van der Waals surface area contributed by atoms with Crippen molar-refractivity contribution in [1.82, 2.24) is 15.0 Å². The molecule has 5 rings (SSSR count). The summed E-state index contributed by atoms with van der Waals surface area (Å²) in [7, 11) is 0. The van der Waals surface area contributed by atoms with Crippen molar-refractivity contribution in [2.24, 2.45) is 0 Å². The molecular formula is C23H18N4O2. The van der Waals surface area contributed by atoms with E-state index in [2.05, 4.69) is 15.5 Å². The number of para-hydroxylation sites is 1. The average molecular weight is 382 g/mol. The molecule has 0 fully saturated rings. The summed E-state index contributed by atoms with van der Waals surface area (Å²) in [5, 5.41) is 12.9. The van der Waals surface area contributed by atoms with E-state index < -0.39 is 0 Å². The van der Waals surface area contributed by atoms with E-state index in [1.165, 1.54) is 0 Å². The number of rotatable bonds is 3. The number of nitrogens with zero attached hydrogens (tertiary/aromatic N) is 3. The number of carbonyl (C=O) groups excluding carboxylic acids is 1. The summed E-state index contributed by atoms with van der Waals surface area (Å²) in [6.07, 6.45) is 0. The predicted molar refractivity (Wildman–Crippen MR) is 113 cm³/mol. The summed E-state index contributed by atoms with van der Waals surface area (Å²) in [6, 6.07) is 21.0. The van der Waals surface area contributed by atoms with Crippen molar-refractivity contribution >= 4 is 33.6 Å². The van der Waals surface area contributed by atoms with E-state index in [9.17, 15) is 4.79 Å². The van der Waals surface area contributed by atoms with Crippen LogP contribution in [-0.2, 0) is 0 Å². The topological polar surface area (TPSA) is 73.0 Å². The Morgan fingerprint density at radius 1 is 0.931 bits per heavy atom. The van der Waals surface area contributed by atoms with E-state index in [-0.39, 0.29) is 5.91 Å². The Kier molecular flexibility index (Phi) is 3.91. The first-order valence-electron chi connectivity index (χ1n) is 9.32. The maximum atomic E-state index is 12.8. The number of benzene rings is 3. The third-order valence-electron chi connectivity index (χ3n) is 4.92. The van der Waals surface area contributed by atoms with Crippen LogP contribution in [0.2, 0.25) is 0 Å². The Morgan fingerprint density at radius 3 is 2.55 bits per heavy atom. The molecule has 0 spiro atoms. The van der Waals surface area contributed by atoms with Crippen molar-refractivity contribution in [3.8, 4) is 5.69 Å². The Labute approximate surface area is 166 Å². The molecule has 0 unspecified atom stereocenters. The quantitative estimate of drug-likeness (QED) is 0.475. The van der Waals surface area contributed by atoms with Crippen molar-refractivity contribution < 1.29 is 9.21 Å². The third-order valence-corrected chi connectivity index (χ3v) is 4.92. The zero-order valence-electron chi connectivity index (χ0n) is 16.0. The number of hydrogen-bond donors (Lipinski definition) is 1. The van der Waals surface area contributed by atoms with Gasteiger partial charge in [-0.25, -0.2) is 0 Å². The highest BCUT2D eigenvalue weighted by Gasteiger charge is 2.18. The van der Waals surface area contributed by atoms with Crippen molar-refractivity contribution in [3.05, 3.63) is 83.6 Å². The fourth-order valence-electron chi connectivity index (χ4n) is 3.41. The summed E-state index contributed by atoms with van der Waals surface area (Å²) in [5.74, 6) is 0.0322. The molecule has 0 atom stereocenters. The van der Waals surface area contributed by atoms with Crippen molar-refractivity contribution in [1.29, 1.82) is 0 Å². The minimum Gasteiger partial charge on any atom is -0.451 e. The lowest BCUT2D eigenvalue weighted by Crippen LogP contribution is -2.12. The van der Waals surface area contributed by atoms with Crippen LogP contribution in [0.4, 0.5) is 5.69 Å². The van der Waals surface area contributed by atoms with Crippen molar-refractivity contribution in [2.75, 3.05) is 5.32 Å². The number of amides is 1. The van der Waals surface area contributed by atoms with Crippen LogP contribution in [0.25, 0.3) is 27.7 Å². The zero-order chi connectivity index (χ0) is 20.0. The molecule has 1 amide bonds. The maximum absolute atomic E-state index is 12.8. The standard InChI is InChI=1S/C23H18N4O2/c1-14-8-11-21-18(12-14)15(2)22(29-21)23(28)24-16-9-10-19-20(13-16)26-27(25-19)17-6-4-3-5-7-17/h3-13H,1-2H3,(H,24,28). The van der Waals surface area contributed by atoms with Crippen LogP contribution in [0.1, 0.15) is 21.7 Å². The van der Waals surface area contributed by atoms with Crippen LogP contribution in [0.15, 0.2) is 71.1 Å². The molecule has 6 heteroatoms. The number of fused-ring (bicyclic) bond motifs is 2. The number of hydrogen-bond acceptors (Lipinski definition) is 4. The molecule has 6 nitrogen and oxygen atoms in total. The predicted octanol–water partition coefficient (Wildman–Crippen LogP) is 5.04. The molecule has 0 radical (unpaired) electrons. The van der Waals surface area contributed by atoms with Gasteiger partial charge in [0.15, 0.2) is 5.76 Å². The molecule has 0 bridgehead atoms. The van der Waals surface area contributed by atoms with Crippen molar-refractivity contribution in [3.63, 3.8) is 0 Å². The lowest BCUT2D eigenvalue weighted by Gasteiger charge is -2.03. The average Bonchev–Trinajstić information content (AvgIpc) is 3.30. The number of nitrogens with one attached hydrogen (secondary N) is 1. The molecule has 2 aromatic heterocycles. The van der Waals surface area contributed by atoms with Gasteiger partial charge in [-0.05, 0) is 56.3 Å². The largest absolute Gasteiger partial charge is 0.451 e. The first kappa shape index (κ1) is 17.2.